The third kappa shape index (κ3) is 4.27. The van der Waals surface area contributed by atoms with Crippen LogP contribution in [0.5, 0.6) is 0 Å². The van der Waals surface area contributed by atoms with Gasteiger partial charge in [0, 0.05) is 17.3 Å². The number of carbonyl (C=O) groups is 1. The number of carbonyl (C=O) groups excluding carboxylic acids is 1. The number of nitrogen functional groups attached to an aromatic ring is 1. The highest BCUT2D eigenvalue weighted by molar-refractivity contribution is 5.95. The first-order valence-electron chi connectivity index (χ1n) is 5.43. The first-order valence-corrected chi connectivity index (χ1v) is 5.43. The van der Waals surface area contributed by atoms with Crippen molar-refractivity contribution >= 4 is 11.6 Å². The Morgan fingerprint density at radius 2 is 2.06 bits per heavy atom. The maximum Gasteiger partial charge on any atom is 0.391 e. The molecule has 1 atom stereocenters. The van der Waals surface area contributed by atoms with Crippen LogP contribution in [0.1, 0.15) is 29.3 Å². The fourth-order valence-corrected chi connectivity index (χ4v) is 1.52. The number of anilines is 1. The molecule has 0 spiro atoms. The van der Waals surface area contributed by atoms with Gasteiger partial charge in [0.25, 0.3) is 5.91 Å². The second-order valence-corrected chi connectivity index (χ2v) is 4.27. The van der Waals surface area contributed by atoms with Crippen LogP contribution in [0.4, 0.5) is 18.9 Å². The predicted octanol–water partition coefficient (Wildman–Crippen LogP) is 2.65. The summed E-state index contributed by atoms with van der Waals surface area (Å²) in [6.07, 6.45) is -5.34. The van der Waals surface area contributed by atoms with Gasteiger partial charge >= 0.3 is 6.18 Å². The molecule has 1 aromatic carbocycles. The molecule has 1 rings (SSSR count). The normalized spacial score (nSPS) is 13.2. The van der Waals surface area contributed by atoms with E-state index in [1.54, 1.807) is 19.1 Å². The van der Waals surface area contributed by atoms with Crippen LogP contribution in [0.3, 0.4) is 0 Å². The number of hydrogen-bond acceptors (Lipinski definition) is 2. The number of benzene rings is 1. The zero-order chi connectivity index (χ0) is 13.9. The second-order valence-electron chi connectivity index (χ2n) is 4.27. The Bertz CT molecular complexity index is 443. The minimum absolute atomic E-state index is 0.302. The molecular weight excluding hydrogens is 245 g/mol. The van der Waals surface area contributed by atoms with Gasteiger partial charge in [0.05, 0.1) is 6.42 Å². The lowest BCUT2D eigenvalue weighted by atomic mass is 10.1. The van der Waals surface area contributed by atoms with Crippen LogP contribution in [0.25, 0.3) is 0 Å². The summed E-state index contributed by atoms with van der Waals surface area (Å²) >= 11 is 0. The van der Waals surface area contributed by atoms with Crippen LogP contribution in [0, 0.1) is 6.92 Å². The maximum atomic E-state index is 12.1. The number of rotatable bonds is 3. The highest BCUT2D eigenvalue weighted by atomic mass is 19.4. The summed E-state index contributed by atoms with van der Waals surface area (Å²) < 4.78 is 36.3. The van der Waals surface area contributed by atoms with Gasteiger partial charge < -0.3 is 11.1 Å². The van der Waals surface area contributed by atoms with E-state index in [2.05, 4.69) is 5.32 Å². The number of amides is 1. The smallest absolute Gasteiger partial charge is 0.391 e. The molecule has 3 nitrogen and oxygen atoms in total. The van der Waals surface area contributed by atoms with Gasteiger partial charge in [-0.15, -0.1) is 0 Å². The predicted molar refractivity (Wildman–Crippen MR) is 63.2 cm³/mol. The Kier molecular flexibility index (Phi) is 4.21. The van der Waals surface area contributed by atoms with Crippen LogP contribution in [0.2, 0.25) is 0 Å². The lowest BCUT2D eigenvalue weighted by Crippen LogP contribution is -2.35. The van der Waals surface area contributed by atoms with Crippen LogP contribution < -0.4 is 11.1 Å². The van der Waals surface area contributed by atoms with E-state index in [0.29, 0.717) is 16.8 Å². The summed E-state index contributed by atoms with van der Waals surface area (Å²) in [5, 5.41) is 2.30. The van der Waals surface area contributed by atoms with Crippen molar-refractivity contribution < 1.29 is 18.0 Å². The molecule has 100 valence electrons. The molecule has 0 aliphatic heterocycles. The van der Waals surface area contributed by atoms with Crippen molar-refractivity contribution in [3.63, 3.8) is 0 Å². The summed E-state index contributed by atoms with van der Waals surface area (Å²) in [4.78, 5) is 11.7. The van der Waals surface area contributed by atoms with E-state index >= 15 is 0 Å². The third-order valence-corrected chi connectivity index (χ3v) is 2.45. The van der Waals surface area contributed by atoms with Crippen molar-refractivity contribution in [1.29, 1.82) is 0 Å². The van der Waals surface area contributed by atoms with Crippen molar-refractivity contribution in [2.45, 2.75) is 32.5 Å². The summed E-state index contributed by atoms with van der Waals surface area (Å²) in [7, 11) is 0. The molecule has 0 saturated heterocycles. The molecule has 1 unspecified atom stereocenters. The third-order valence-electron chi connectivity index (χ3n) is 2.45. The van der Waals surface area contributed by atoms with Crippen molar-refractivity contribution in [3.05, 3.63) is 29.3 Å². The molecule has 0 aliphatic rings. The first kappa shape index (κ1) is 14.3. The lowest BCUT2D eigenvalue weighted by molar-refractivity contribution is -0.138. The monoisotopic (exact) mass is 260 g/mol. The SMILES string of the molecule is Cc1cc(C(=O)NC(C)CC(F)(F)F)ccc1N. The van der Waals surface area contributed by atoms with E-state index in [4.69, 9.17) is 5.73 Å². The van der Waals surface area contributed by atoms with Gasteiger partial charge in [0.15, 0.2) is 0 Å². The zero-order valence-corrected chi connectivity index (χ0v) is 10.1. The minimum atomic E-state index is -4.29. The van der Waals surface area contributed by atoms with E-state index in [0.717, 1.165) is 0 Å². The van der Waals surface area contributed by atoms with Crippen molar-refractivity contribution in [2.24, 2.45) is 0 Å². The largest absolute Gasteiger partial charge is 0.399 e. The average molecular weight is 260 g/mol. The average Bonchev–Trinajstić information content (AvgIpc) is 2.18. The molecule has 1 amide bonds. The van der Waals surface area contributed by atoms with Crippen molar-refractivity contribution in [2.75, 3.05) is 5.73 Å². The molecule has 0 radical (unpaired) electrons. The lowest BCUT2D eigenvalue weighted by Gasteiger charge is -2.16. The molecule has 0 fully saturated rings. The molecule has 0 saturated carbocycles. The maximum absolute atomic E-state index is 12.1. The van der Waals surface area contributed by atoms with Crippen molar-refractivity contribution in [3.8, 4) is 0 Å². The number of hydrogen-bond donors (Lipinski definition) is 2. The van der Waals surface area contributed by atoms with Crippen LogP contribution >= 0.6 is 0 Å². The molecule has 6 heteroatoms. The quantitative estimate of drug-likeness (QED) is 0.821. The van der Waals surface area contributed by atoms with Crippen LogP contribution in [0.15, 0.2) is 18.2 Å². The number of nitrogens with one attached hydrogen (secondary N) is 1. The van der Waals surface area contributed by atoms with Gasteiger partial charge in [0.2, 0.25) is 0 Å². The summed E-state index contributed by atoms with van der Waals surface area (Å²) in [6.45, 7) is 3.04. The summed E-state index contributed by atoms with van der Waals surface area (Å²) in [6, 6.07) is 3.62. The molecule has 0 aliphatic carbocycles. The first-order chi connectivity index (χ1) is 8.19. The van der Waals surface area contributed by atoms with Gasteiger partial charge in [-0.2, -0.15) is 13.2 Å². The Morgan fingerprint density at radius 3 is 2.56 bits per heavy atom. The fraction of sp³-hybridized carbons (Fsp3) is 0.417. The highest BCUT2D eigenvalue weighted by Gasteiger charge is 2.30. The van der Waals surface area contributed by atoms with Gasteiger partial charge in [-0.05, 0) is 37.6 Å². The molecule has 18 heavy (non-hydrogen) atoms. The fourth-order valence-electron chi connectivity index (χ4n) is 1.52. The molecule has 0 bridgehead atoms. The Balaban J connectivity index is 2.68. The summed E-state index contributed by atoms with van der Waals surface area (Å²) in [5.74, 6) is -0.533. The van der Waals surface area contributed by atoms with Crippen LogP contribution in [-0.2, 0) is 0 Å². The van der Waals surface area contributed by atoms with Gasteiger partial charge in [-0.25, -0.2) is 0 Å². The van der Waals surface area contributed by atoms with Crippen molar-refractivity contribution in [1.82, 2.24) is 5.32 Å². The molecular formula is C12H15F3N2O. The zero-order valence-electron chi connectivity index (χ0n) is 10.1. The number of halogens is 3. The molecule has 0 aromatic heterocycles. The summed E-state index contributed by atoms with van der Waals surface area (Å²) in [5.41, 5.74) is 7.15. The Labute approximate surface area is 103 Å². The van der Waals surface area contributed by atoms with Gasteiger partial charge in [-0.1, -0.05) is 0 Å². The minimum Gasteiger partial charge on any atom is -0.399 e. The Hall–Kier alpha value is -1.72. The highest BCUT2D eigenvalue weighted by Crippen LogP contribution is 2.21. The van der Waals surface area contributed by atoms with E-state index < -0.39 is 24.5 Å². The molecule has 3 N–H and O–H groups in total. The van der Waals surface area contributed by atoms with Crippen LogP contribution in [-0.4, -0.2) is 18.1 Å². The second kappa shape index (κ2) is 5.29. The van der Waals surface area contributed by atoms with E-state index in [9.17, 15) is 18.0 Å². The molecule has 0 heterocycles. The Morgan fingerprint density at radius 1 is 1.44 bits per heavy atom. The number of alkyl halides is 3. The van der Waals surface area contributed by atoms with E-state index in [1.807, 2.05) is 0 Å². The topological polar surface area (TPSA) is 55.1 Å². The van der Waals surface area contributed by atoms with E-state index in [-0.39, 0.29) is 0 Å². The van der Waals surface area contributed by atoms with Gasteiger partial charge in [0.1, 0.15) is 0 Å². The number of aryl methyl sites for hydroxylation is 1. The number of nitrogens with two attached hydrogens (primary N) is 1. The van der Waals surface area contributed by atoms with Gasteiger partial charge in [-0.3, -0.25) is 4.79 Å². The standard InChI is InChI=1S/C12H15F3N2O/c1-7-5-9(3-4-10(7)16)11(18)17-8(2)6-12(13,14)15/h3-5,8H,6,16H2,1-2H3,(H,17,18). The van der Waals surface area contributed by atoms with E-state index in [1.165, 1.54) is 13.0 Å². The molecule has 1 aromatic rings.